The van der Waals surface area contributed by atoms with E-state index in [1.165, 1.54) is 23.5 Å². The molecule has 0 saturated carbocycles. The fourth-order valence-corrected chi connectivity index (χ4v) is 3.36. The van der Waals surface area contributed by atoms with Crippen molar-refractivity contribution in [3.63, 3.8) is 0 Å². The summed E-state index contributed by atoms with van der Waals surface area (Å²) >= 11 is 1.51. The third-order valence-electron chi connectivity index (χ3n) is 4.11. The lowest BCUT2D eigenvalue weighted by atomic mass is 10.2. The number of ether oxygens (including phenoxy) is 1. The second-order valence-electron chi connectivity index (χ2n) is 6.30. The summed E-state index contributed by atoms with van der Waals surface area (Å²) in [5.74, 6) is 1.01. The Morgan fingerprint density at radius 2 is 2.21 bits per heavy atom. The van der Waals surface area contributed by atoms with Crippen LogP contribution in [-0.4, -0.2) is 39.0 Å². The van der Waals surface area contributed by atoms with Crippen molar-refractivity contribution < 1.29 is 19.0 Å². The lowest BCUT2D eigenvalue weighted by Crippen LogP contribution is -2.35. The maximum Gasteiger partial charge on any atom is 0.272 e. The Labute approximate surface area is 171 Å². The van der Waals surface area contributed by atoms with Gasteiger partial charge in [0.05, 0.1) is 9.80 Å². The van der Waals surface area contributed by atoms with E-state index in [1.54, 1.807) is 17.9 Å². The molecule has 10 heteroatoms. The highest BCUT2D eigenvalue weighted by molar-refractivity contribution is 7.13. The molecule has 0 radical (unpaired) electrons. The molecular weight excluding hydrogens is 396 g/mol. The van der Waals surface area contributed by atoms with Gasteiger partial charge in [-0.05, 0) is 36.9 Å². The van der Waals surface area contributed by atoms with Crippen molar-refractivity contribution in [1.29, 1.82) is 0 Å². The van der Waals surface area contributed by atoms with Gasteiger partial charge in [0.1, 0.15) is 12.3 Å². The summed E-state index contributed by atoms with van der Waals surface area (Å²) in [6.07, 6.45) is 0.758. The van der Waals surface area contributed by atoms with Gasteiger partial charge in [0.2, 0.25) is 11.7 Å². The molecule has 0 spiro atoms. The molecule has 0 fully saturated rings. The molecule has 2 aromatic heterocycles. The Kier molecular flexibility index (Phi) is 6.55. The van der Waals surface area contributed by atoms with E-state index in [-0.39, 0.29) is 24.7 Å². The summed E-state index contributed by atoms with van der Waals surface area (Å²) in [5.41, 5.74) is 0.478. The van der Waals surface area contributed by atoms with Gasteiger partial charge < -0.3 is 14.2 Å². The molecule has 0 atom stereocenters. The fraction of sp³-hybridized carbons (Fsp3) is 0.316. The number of nitro groups is 1. The number of aryl methyl sites for hydroxylation is 1. The van der Waals surface area contributed by atoms with Crippen molar-refractivity contribution in [3.8, 4) is 16.5 Å². The molecule has 0 aliphatic carbocycles. The first-order valence-corrected chi connectivity index (χ1v) is 9.88. The predicted molar refractivity (Wildman–Crippen MR) is 107 cm³/mol. The highest BCUT2D eigenvalue weighted by Gasteiger charge is 2.19. The SMILES string of the molecule is CCCN(Cc1nc(-c2cccs2)no1)C(=O)COc1ccc([N+](=O)[O-])c(C)c1. The lowest BCUT2D eigenvalue weighted by Gasteiger charge is -2.20. The average Bonchev–Trinajstić information content (AvgIpc) is 3.37. The summed E-state index contributed by atoms with van der Waals surface area (Å²) in [6, 6.07) is 8.19. The second kappa shape index (κ2) is 9.28. The monoisotopic (exact) mass is 416 g/mol. The molecule has 1 amide bonds. The summed E-state index contributed by atoms with van der Waals surface area (Å²) in [6.45, 7) is 4.09. The Bertz CT molecular complexity index is 986. The molecular formula is C19H20N4O5S. The van der Waals surface area contributed by atoms with E-state index in [1.807, 2.05) is 24.4 Å². The summed E-state index contributed by atoms with van der Waals surface area (Å²) in [7, 11) is 0. The Morgan fingerprint density at radius 1 is 1.38 bits per heavy atom. The molecule has 3 rings (SSSR count). The van der Waals surface area contributed by atoms with Gasteiger partial charge in [-0.2, -0.15) is 4.98 Å². The van der Waals surface area contributed by atoms with Crippen LogP contribution in [0.15, 0.2) is 40.2 Å². The van der Waals surface area contributed by atoms with E-state index in [0.29, 0.717) is 29.6 Å². The van der Waals surface area contributed by atoms with E-state index in [9.17, 15) is 14.9 Å². The highest BCUT2D eigenvalue weighted by atomic mass is 32.1. The van der Waals surface area contributed by atoms with Crippen LogP contribution < -0.4 is 4.74 Å². The number of hydrogen-bond acceptors (Lipinski definition) is 8. The molecule has 9 nitrogen and oxygen atoms in total. The minimum Gasteiger partial charge on any atom is -0.484 e. The van der Waals surface area contributed by atoms with Crippen LogP contribution in [0.3, 0.4) is 0 Å². The number of nitrogens with zero attached hydrogens (tertiary/aromatic N) is 4. The van der Waals surface area contributed by atoms with Gasteiger partial charge in [0.15, 0.2) is 6.61 Å². The maximum absolute atomic E-state index is 12.6. The number of hydrogen-bond donors (Lipinski definition) is 0. The van der Waals surface area contributed by atoms with Gasteiger partial charge in [-0.15, -0.1) is 11.3 Å². The zero-order valence-electron chi connectivity index (χ0n) is 16.0. The molecule has 0 saturated heterocycles. The zero-order chi connectivity index (χ0) is 20.8. The van der Waals surface area contributed by atoms with E-state index >= 15 is 0 Å². The van der Waals surface area contributed by atoms with Gasteiger partial charge in [-0.3, -0.25) is 14.9 Å². The molecule has 0 unspecified atom stereocenters. The van der Waals surface area contributed by atoms with Crippen molar-refractivity contribution >= 4 is 22.9 Å². The van der Waals surface area contributed by atoms with Crippen molar-refractivity contribution in [2.24, 2.45) is 0 Å². The Balaban J connectivity index is 1.62. The normalized spacial score (nSPS) is 10.7. The number of amides is 1. The number of aromatic nitrogens is 2. The van der Waals surface area contributed by atoms with Gasteiger partial charge in [0.25, 0.3) is 11.6 Å². The van der Waals surface area contributed by atoms with Crippen LogP contribution in [0.5, 0.6) is 5.75 Å². The average molecular weight is 416 g/mol. The zero-order valence-corrected chi connectivity index (χ0v) is 16.8. The highest BCUT2D eigenvalue weighted by Crippen LogP contribution is 2.23. The molecule has 0 N–H and O–H groups in total. The first-order chi connectivity index (χ1) is 14.0. The summed E-state index contributed by atoms with van der Waals surface area (Å²) in [5, 5.41) is 16.8. The topological polar surface area (TPSA) is 112 Å². The molecule has 2 heterocycles. The molecule has 1 aromatic carbocycles. The number of benzene rings is 1. The number of carbonyl (C=O) groups is 1. The second-order valence-corrected chi connectivity index (χ2v) is 7.25. The molecule has 152 valence electrons. The van der Waals surface area contributed by atoms with Gasteiger partial charge >= 0.3 is 0 Å². The van der Waals surface area contributed by atoms with Crippen LogP contribution in [0.4, 0.5) is 5.69 Å². The van der Waals surface area contributed by atoms with E-state index in [2.05, 4.69) is 10.1 Å². The van der Waals surface area contributed by atoms with Crippen LogP contribution in [-0.2, 0) is 11.3 Å². The minimum absolute atomic E-state index is 0.00854. The maximum atomic E-state index is 12.6. The van der Waals surface area contributed by atoms with Crippen molar-refractivity contribution in [3.05, 3.63) is 57.3 Å². The first kappa shape index (κ1) is 20.5. The van der Waals surface area contributed by atoms with E-state index in [4.69, 9.17) is 9.26 Å². The minimum atomic E-state index is -0.456. The third kappa shape index (κ3) is 5.17. The Hall–Kier alpha value is -3.27. The standard InChI is InChI=1S/C19H20N4O5S/c1-3-8-22(11-17-20-19(21-28-17)16-5-4-9-29-16)18(24)12-27-14-6-7-15(23(25)26)13(2)10-14/h4-7,9-10H,3,8,11-12H2,1-2H3. The van der Waals surface area contributed by atoms with Crippen molar-refractivity contribution in [1.82, 2.24) is 15.0 Å². The van der Waals surface area contributed by atoms with Crippen molar-refractivity contribution in [2.45, 2.75) is 26.8 Å². The van der Waals surface area contributed by atoms with Gasteiger partial charge in [-0.25, -0.2) is 0 Å². The smallest absolute Gasteiger partial charge is 0.272 e. The number of rotatable bonds is 9. The van der Waals surface area contributed by atoms with Crippen LogP contribution in [0.1, 0.15) is 24.8 Å². The Morgan fingerprint density at radius 3 is 2.86 bits per heavy atom. The third-order valence-corrected chi connectivity index (χ3v) is 4.98. The van der Waals surface area contributed by atoms with Crippen LogP contribution >= 0.6 is 11.3 Å². The quantitative estimate of drug-likeness (QED) is 0.385. The fourth-order valence-electron chi connectivity index (χ4n) is 2.71. The van der Waals surface area contributed by atoms with E-state index in [0.717, 1.165) is 11.3 Å². The van der Waals surface area contributed by atoms with Crippen LogP contribution in [0.2, 0.25) is 0 Å². The molecule has 0 bridgehead atoms. The van der Waals surface area contributed by atoms with Crippen LogP contribution in [0.25, 0.3) is 10.7 Å². The van der Waals surface area contributed by atoms with Crippen LogP contribution in [0, 0.1) is 17.0 Å². The summed E-state index contributed by atoms with van der Waals surface area (Å²) < 4.78 is 10.8. The van der Waals surface area contributed by atoms with Gasteiger partial charge in [0, 0.05) is 18.2 Å². The number of thiophene rings is 1. The molecule has 29 heavy (non-hydrogen) atoms. The summed E-state index contributed by atoms with van der Waals surface area (Å²) in [4.78, 5) is 29.9. The number of nitro benzene ring substituents is 1. The molecule has 0 aliphatic rings. The molecule has 0 aliphatic heterocycles. The number of carbonyl (C=O) groups excluding carboxylic acids is 1. The first-order valence-electron chi connectivity index (χ1n) is 9.00. The lowest BCUT2D eigenvalue weighted by molar-refractivity contribution is -0.385. The molecule has 3 aromatic rings. The van der Waals surface area contributed by atoms with Crippen molar-refractivity contribution in [2.75, 3.05) is 13.2 Å². The van der Waals surface area contributed by atoms with E-state index < -0.39 is 4.92 Å². The van der Waals surface area contributed by atoms with Gasteiger partial charge in [-0.1, -0.05) is 18.1 Å². The largest absolute Gasteiger partial charge is 0.484 e. The predicted octanol–water partition coefficient (Wildman–Crippen LogP) is 3.83.